The van der Waals surface area contributed by atoms with Crippen LogP contribution in [0.15, 0.2) is 36.4 Å². The Labute approximate surface area is 174 Å². The summed E-state index contributed by atoms with van der Waals surface area (Å²) in [5, 5.41) is 2.22. The minimum absolute atomic E-state index is 0.0858. The lowest BCUT2D eigenvalue weighted by Gasteiger charge is -2.32. The lowest BCUT2D eigenvalue weighted by molar-refractivity contribution is -0.137. The number of hydrogen-bond acceptors (Lipinski definition) is 4. The number of carbonyl (C=O) groups excluding carboxylic acids is 3. The van der Waals surface area contributed by atoms with Crippen LogP contribution in [0.2, 0.25) is 5.02 Å². The molecule has 0 aliphatic carbocycles. The Hall–Kier alpha value is -3.07. The predicted octanol–water partition coefficient (Wildman–Crippen LogP) is 4.31. The van der Waals surface area contributed by atoms with Crippen molar-refractivity contribution in [3.05, 3.63) is 52.5 Å². The third-order valence-corrected chi connectivity index (χ3v) is 4.77. The Kier molecular flexibility index (Phi) is 5.76. The molecule has 1 atom stereocenters. The largest absolute Gasteiger partial charge is 0.479 e. The smallest absolute Gasteiger partial charge is 0.416 e. The zero-order valence-electron chi connectivity index (χ0n) is 15.8. The Morgan fingerprint density at radius 2 is 1.90 bits per heavy atom. The number of ketones is 1. The number of carbonyl (C=O) groups is 3. The van der Waals surface area contributed by atoms with Crippen LogP contribution in [0.3, 0.4) is 0 Å². The van der Waals surface area contributed by atoms with E-state index in [1.807, 2.05) is 0 Å². The molecule has 0 fully saturated rings. The van der Waals surface area contributed by atoms with Gasteiger partial charge in [-0.25, -0.2) is 0 Å². The molecule has 0 spiro atoms. The summed E-state index contributed by atoms with van der Waals surface area (Å²) >= 11 is 5.90. The average molecular weight is 441 g/mol. The van der Waals surface area contributed by atoms with Crippen LogP contribution in [-0.4, -0.2) is 30.2 Å². The standard InChI is InChI=1S/C20H16ClF3N2O4/c1-10(27)12-3-6-17-16(7-12)26(19(29)11(2)30-17)9-18(28)25-15-8-13(20(22,23)24)4-5-14(15)21/h3-8,11H,9H2,1-2H3,(H,25,28). The number of ether oxygens (including phenoxy) is 1. The van der Waals surface area contributed by atoms with Crippen molar-refractivity contribution in [3.8, 4) is 5.75 Å². The van der Waals surface area contributed by atoms with Gasteiger partial charge in [-0.15, -0.1) is 0 Å². The zero-order valence-corrected chi connectivity index (χ0v) is 16.6. The van der Waals surface area contributed by atoms with Gasteiger partial charge in [-0.2, -0.15) is 13.2 Å². The molecule has 1 aliphatic rings. The molecular weight excluding hydrogens is 425 g/mol. The van der Waals surface area contributed by atoms with Crippen molar-refractivity contribution in [1.82, 2.24) is 0 Å². The highest BCUT2D eigenvalue weighted by molar-refractivity contribution is 6.33. The van der Waals surface area contributed by atoms with Gasteiger partial charge in [0.05, 0.1) is 22.0 Å². The highest BCUT2D eigenvalue weighted by atomic mass is 35.5. The first-order valence-electron chi connectivity index (χ1n) is 8.77. The van der Waals surface area contributed by atoms with Crippen molar-refractivity contribution < 1.29 is 32.3 Å². The van der Waals surface area contributed by atoms with E-state index in [0.29, 0.717) is 17.4 Å². The second-order valence-corrected chi connectivity index (χ2v) is 7.07. The minimum Gasteiger partial charge on any atom is -0.479 e. The molecule has 0 bridgehead atoms. The van der Waals surface area contributed by atoms with Gasteiger partial charge in [-0.1, -0.05) is 11.6 Å². The van der Waals surface area contributed by atoms with Crippen LogP contribution in [0.1, 0.15) is 29.8 Å². The van der Waals surface area contributed by atoms with E-state index in [1.165, 1.54) is 32.0 Å². The van der Waals surface area contributed by atoms with Crippen molar-refractivity contribution in [3.63, 3.8) is 0 Å². The van der Waals surface area contributed by atoms with E-state index in [9.17, 15) is 27.6 Å². The van der Waals surface area contributed by atoms with Crippen LogP contribution in [-0.2, 0) is 15.8 Å². The van der Waals surface area contributed by atoms with Crippen molar-refractivity contribution in [2.75, 3.05) is 16.8 Å². The molecule has 2 aromatic carbocycles. The lowest BCUT2D eigenvalue weighted by Crippen LogP contribution is -2.47. The van der Waals surface area contributed by atoms with Crippen LogP contribution in [0, 0.1) is 0 Å². The summed E-state index contributed by atoms with van der Waals surface area (Å²) in [5.41, 5.74) is -0.681. The van der Waals surface area contributed by atoms with E-state index in [0.717, 1.165) is 17.0 Å². The Bertz CT molecular complexity index is 1040. The first-order chi connectivity index (χ1) is 14.0. The van der Waals surface area contributed by atoms with Gasteiger partial charge < -0.3 is 10.1 Å². The molecule has 10 heteroatoms. The summed E-state index contributed by atoms with van der Waals surface area (Å²) in [7, 11) is 0. The van der Waals surface area contributed by atoms with Gasteiger partial charge in [0.15, 0.2) is 11.9 Å². The molecule has 1 aliphatic heterocycles. The highest BCUT2D eigenvalue weighted by Gasteiger charge is 2.34. The summed E-state index contributed by atoms with van der Waals surface area (Å²) in [6.45, 7) is 2.34. The van der Waals surface area contributed by atoms with Crippen LogP contribution in [0.5, 0.6) is 5.75 Å². The summed E-state index contributed by atoms with van der Waals surface area (Å²) in [6, 6.07) is 7.01. The lowest BCUT2D eigenvalue weighted by atomic mass is 10.1. The number of Topliss-reactive ketones (excluding diaryl/α,β-unsaturated/α-hetero) is 1. The van der Waals surface area contributed by atoms with E-state index in [-0.39, 0.29) is 22.2 Å². The Balaban J connectivity index is 1.87. The molecule has 30 heavy (non-hydrogen) atoms. The van der Waals surface area contributed by atoms with Gasteiger partial charge in [0.2, 0.25) is 5.91 Å². The number of benzene rings is 2. The summed E-state index contributed by atoms with van der Waals surface area (Å²) in [5.74, 6) is -1.24. The third kappa shape index (κ3) is 4.40. The normalized spacial score (nSPS) is 16.0. The molecule has 2 aromatic rings. The molecule has 1 N–H and O–H groups in total. The van der Waals surface area contributed by atoms with Gasteiger partial charge in [0.1, 0.15) is 12.3 Å². The fourth-order valence-corrected chi connectivity index (χ4v) is 3.08. The number of anilines is 2. The van der Waals surface area contributed by atoms with E-state index in [1.54, 1.807) is 0 Å². The van der Waals surface area contributed by atoms with E-state index in [4.69, 9.17) is 16.3 Å². The summed E-state index contributed by atoms with van der Waals surface area (Å²) < 4.78 is 44.3. The van der Waals surface area contributed by atoms with Crippen LogP contribution >= 0.6 is 11.6 Å². The Morgan fingerprint density at radius 3 is 2.53 bits per heavy atom. The number of amides is 2. The first-order valence-corrected chi connectivity index (χ1v) is 9.15. The maximum atomic E-state index is 12.9. The SMILES string of the molecule is CC(=O)c1ccc2c(c1)N(CC(=O)Nc1cc(C(F)(F)F)ccc1Cl)C(=O)C(C)O2. The molecule has 2 amide bonds. The molecule has 3 rings (SSSR count). The van der Waals surface area contributed by atoms with Crippen molar-refractivity contribution in [2.45, 2.75) is 26.1 Å². The molecule has 6 nitrogen and oxygen atoms in total. The molecule has 0 aromatic heterocycles. The van der Waals surface area contributed by atoms with Gasteiger partial charge in [-0.3, -0.25) is 19.3 Å². The van der Waals surface area contributed by atoms with Gasteiger partial charge >= 0.3 is 6.18 Å². The molecule has 1 heterocycles. The molecule has 0 radical (unpaired) electrons. The molecule has 158 valence electrons. The average Bonchev–Trinajstić information content (AvgIpc) is 2.65. The van der Waals surface area contributed by atoms with Gasteiger partial charge in [0.25, 0.3) is 5.91 Å². The fourth-order valence-electron chi connectivity index (χ4n) is 2.92. The van der Waals surface area contributed by atoms with Crippen molar-refractivity contribution in [1.29, 1.82) is 0 Å². The molecule has 1 unspecified atom stereocenters. The maximum absolute atomic E-state index is 12.9. The number of hydrogen-bond donors (Lipinski definition) is 1. The number of rotatable bonds is 4. The van der Waals surface area contributed by atoms with E-state index in [2.05, 4.69) is 5.32 Å². The van der Waals surface area contributed by atoms with Crippen LogP contribution in [0.4, 0.5) is 24.5 Å². The fraction of sp³-hybridized carbons (Fsp3) is 0.250. The summed E-state index contributed by atoms with van der Waals surface area (Å²) in [6.07, 6.45) is -5.49. The Morgan fingerprint density at radius 1 is 1.20 bits per heavy atom. The van der Waals surface area contributed by atoms with E-state index < -0.39 is 36.2 Å². The van der Waals surface area contributed by atoms with Crippen molar-refractivity contribution in [2.24, 2.45) is 0 Å². The number of halogens is 4. The maximum Gasteiger partial charge on any atom is 0.416 e. The zero-order chi connectivity index (χ0) is 22.2. The van der Waals surface area contributed by atoms with E-state index >= 15 is 0 Å². The molecular formula is C20H16ClF3N2O4. The topological polar surface area (TPSA) is 75.7 Å². The van der Waals surface area contributed by atoms with Crippen LogP contribution in [0.25, 0.3) is 0 Å². The van der Waals surface area contributed by atoms with Gasteiger partial charge in [-0.05, 0) is 50.2 Å². The number of fused-ring (bicyclic) bond motifs is 1. The monoisotopic (exact) mass is 440 g/mol. The summed E-state index contributed by atoms with van der Waals surface area (Å²) in [4.78, 5) is 37.9. The number of nitrogens with zero attached hydrogens (tertiary/aromatic N) is 1. The van der Waals surface area contributed by atoms with Gasteiger partial charge in [0, 0.05) is 5.56 Å². The molecule has 0 saturated carbocycles. The number of alkyl halides is 3. The third-order valence-electron chi connectivity index (χ3n) is 4.44. The second kappa shape index (κ2) is 7.98. The van der Waals surface area contributed by atoms with Crippen LogP contribution < -0.4 is 15.0 Å². The van der Waals surface area contributed by atoms with Crippen molar-refractivity contribution >= 4 is 40.6 Å². The predicted molar refractivity (Wildman–Crippen MR) is 104 cm³/mol. The minimum atomic E-state index is -4.61. The highest BCUT2D eigenvalue weighted by Crippen LogP contribution is 2.36. The second-order valence-electron chi connectivity index (χ2n) is 6.66. The first kappa shape index (κ1) is 21.6. The number of nitrogens with one attached hydrogen (secondary N) is 1. The molecule has 0 saturated heterocycles. The quantitative estimate of drug-likeness (QED) is 0.719.